The van der Waals surface area contributed by atoms with E-state index in [1.165, 1.54) is 0 Å². The van der Waals surface area contributed by atoms with Gasteiger partial charge in [0.25, 0.3) is 0 Å². The number of amides is 4. The Bertz CT molecular complexity index is 883. The third-order valence-electron chi connectivity index (χ3n) is 5.33. The summed E-state index contributed by atoms with van der Waals surface area (Å²) in [5.74, 6) is -4.28. The first-order valence-electron chi connectivity index (χ1n) is 11.6. The van der Waals surface area contributed by atoms with Crippen molar-refractivity contribution in [3.05, 3.63) is 35.9 Å². The third-order valence-corrected chi connectivity index (χ3v) is 5.33. The molecule has 13 nitrogen and oxygen atoms in total. The molecule has 0 saturated carbocycles. The molecule has 11 N–H and O–H groups in total. The highest BCUT2D eigenvalue weighted by Gasteiger charge is 2.30. The van der Waals surface area contributed by atoms with Crippen LogP contribution in [0, 0.1) is 0 Å². The normalized spacial score (nSPS) is 14.1. The summed E-state index contributed by atoms with van der Waals surface area (Å²) in [5.41, 5.74) is 16.9. The smallest absolute Gasteiger partial charge is 0.326 e. The number of aliphatic hydroxyl groups is 1. The molecule has 4 unspecified atom stereocenters. The maximum absolute atomic E-state index is 13.0. The van der Waals surface area contributed by atoms with Gasteiger partial charge in [-0.3, -0.25) is 19.2 Å². The Hall–Kier alpha value is -3.55. The Kier molecular flexibility index (Phi) is 13.7. The number of nitrogens with two attached hydrogens (primary N) is 3. The van der Waals surface area contributed by atoms with Gasteiger partial charge in [0.05, 0.1) is 12.6 Å². The number of carboxylic acid groups (broad SMARTS) is 1. The molecule has 4 amide bonds. The van der Waals surface area contributed by atoms with Crippen molar-refractivity contribution in [2.75, 3.05) is 13.2 Å². The first-order valence-corrected chi connectivity index (χ1v) is 11.6. The average Bonchev–Trinajstić information content (AvgIpc) is 2.84. The molecule has 0 bridgehead atoms. The van der Waals surface area contributed by atoms with Crippen LogP contribution in [0.5, 0.6) is 0 Å². The summed E-state index contributed by atoms with van der Waals surface area (Å²) in [6.45, 7) is -0.413. The first-order chi connectivity index (χ1) is 17.1. The van der Waals surface area contributed by atoms with Gasteiger partial charge >= 0.3 is 5.97 Å². The van der Waals surface area contributed by atoms with E-state index in [0.717, 1.165) is 0 Å². The molecule has 1 aromatic rings. The second-order valence-electron chi connectivity index (χ2n) is 8.29. The molecule has 0 aliphatic heterocycles. The lowest BCUT2D eigenvalue weighted by Gasteiger charge is -2.24. The minimum Gasteiger partial charge on any atom is -0.480 e. The van der Waals surface area contributed by atoms with E-state index in [-0.39, 0.29) is 25.7 Å². The van der Waals surface area contributed by atoms with Gasteiger partial charge in [-0.2, -0.15) is 0 Å². The van der Waals surface area contributed by atoms with Crippen molar-refractivity contribution in [2.45, 2.75) is 62.7 Å². The summed E-state index contributed by atoms with van der Waals surface area (Å²) in [6, 6.07) is 3.73. The largest absolute Gasteiger partial charge is 0.480 e. The maximum atomic E-state index is 13.0. The Balaban J connectivity index is 2.95. The van der Waals surface area contributed by atoms with Crippen molar-refractivity contribution in [2.24, 2.45) is 17.2 Å². The van der Waals surface area contributed by atoms with Gasteiger partial charge in [0, 0.05) is 12.8 Å². The molecule has 0 heterocycles. The molecular weight excluding hydrogens is 472 g/mol. The molecule has 1 aromatic carbocycles. The predicted molar refractivity (Wildman–Crippen MR) is 130 cm³/mol. The highest BCUT2D eigenvalue weighted by molar-refractivity contribution is 5.94. The van der Waals surface area contributed by atoms with E-state index >= 15 is 0 Å². The van der Waals surface area contributed by atoms with Gasteiger partial charge in [-0.05, 0) is 37.8 Å². The molecule has 0 aromatic heterocycles. The lowest BCUT2D eigenvalue weighted by molar-refractivity contribution is -0.142. The second-order valence-corrected chi connectivity index (χ2v) is 8.29. The Morgan fingerprint density at radius 3 is 1.97 bits per heavy atom. The van der Waals surface area contributed by atoms with Gasteiger partial charge in [0.2, 0.25) is 23.6 Å². The van der Waals surface area contributed by atoms with Gasteiger partial charge in [0.1, 0.15) is 18.1 Å². The van der Waals surface area contributed by atoms with Crippen LogP contribution in [0.4, 0.5) is 0 Å². The van der Waals surface area contributed by atoms with E-state index in [4.69, 9.17) is 17.2 Å². The van der Waals surface area contributed by atoms with E-state index in [2.05, 4.69) is 16.0 Å². The van der Waals surface area contributed by atoms with Crippen LogP contribution < -0.4 is 33.2 Å². The minimum absolute atomic E-state index is 0.0256. The molecule has 0 radical (unpaired) electrons. The molecule has 13 heteroatoms. The van der Waals surface area contributed by atoms with Crippen LogP contribution in [-0.2, 0) is 30.4 Å². The van der Waals surface area contributed by atoms with E-state index in [1.807, 2.05) is 0 Å². The molecule has 1 rings (SSSR count). The van der Waals surface area contributed by atoms with Crippen LogP contribution >= 0.6 is 0 Å². The molecule has 0 saturated heterocycles. The fourth-order valence-corrected chi connectivity index (χ4v) is 3.26. The minimum atomic E-state index is -1.44. The van der Waals surface area contributed by atoms with Gasteiger partial charge in [-0.25, -0.2) is 4.79 Å². The number of primary amides is 1. The van der Waals surface area contributed by atoms with E-state index in [0.29, 0.717) is 24.9 Å². The second kappa shape index (κ2) is 16.2. The lowest BCUT2D eigenvalue weighted by Crippen LogP contribution is -2.58. The number of hydrogen-bond acceptors (Lipinski definition) is 8. The van der Waals surface area contributed by atoms with Gasteiger partial charge in [-0.15, -0.1) is 0 Å². The number of aliphatic hydroxyl groups excluding tert-OH is 1. The maximum Gasteiger partial charge on any atom is 0.326 e. The van der Waals surface area contributed by atoms with Crippen LogP contribution in [0.25, 0.3) is 0 Å². The quantitative estimate of drug-likeness (QED) is 0.103. The molecule has 0 aliphatic carbocycles. The van der Waals surface area contributed by atoms with Crippen molar-refractivity contribution >= 4 is 29.6 Å². The zero-order valence-electron chi connectivity index (χ0n) is 20.0. The van der Waals surface area contributed by atoms with Gasteiger partial charge < -0.3 is 43.4 Å². The highest BCUT2D eigenvalue weighted by atomic mass is 16.4. The van der Waals surface area contributed by atoms with E-state index in [1.54, 1.807) is 30.3 Å². The van der Waals surface area contributed by atoms with Crippen LogP contribution in [-0.4, -0.2) is 77.1 Å². The van der Waals surface area contributed by atoms with E-state index < -0.39 is 60.4 Å². The van der Waals surface area contributed by atoms with Gasteiger partial charge in [-0.1, -0.05) is 30.3 Å². The fraction of sp³-hybridized carbons (Fsp3) is 0.522. The van der Waals surface area contributed by atoms with E-state index in [9.17, 15) is 34.2 Å². The zero-order valence-corrected chi connectivity index (χ0v) is 20.0. The SMILES string of the molecule is NCCCCC(NC(=O)C(Cc1ccccc1)NC(=O)C(CO)NC(=O)C(N)CCC(N)=O)C(=O)O. The van der Waals surface area contributed by atoms with Crippen molar-refractivity contribution < 1.29 is 34.2 Å². The van der Waals surface area contributed by atoms with Crippen molar-refractivity contribution in [3.63, 3.8) is 0 Å². The summed E-state index contributed by atoms with van der Waals surface area (Å²) in [5, 5.41) is 26.3. The van der Waals surface area contributed by atoms with Gasteiger partial charge in [0.15, 0.2) is 0 Å². The Labute approximate surface area is 209 Å². The summed E-state index contributed by atoms with van der Waals surface area (Å²) in [6.07, 6.45) is 1.06. The number of unbranched alkanes of at least 4 members (excludes halogenated alkanes) is 1. The number of carbonyl (C=O) groups is 5. The lowest BCUT2D eigenvalue weighted by atomic mass is 10.0. The molecular formula is C23H36N6O7. The average molecular weight is 509 g/mol. The van der Waals surface area contributed by atoms with Crippen molar-refractivity contribution in [1.29, 1.82) is 0 Å². The molecule has 0 spiro atoms. The van der Waals surface area contributed by atoms with Crippen LogP contribution in [0.3, 0.4) is 0 Å². The monoisotopic (exact) mass is 508 g/mol. The number of carbonyl (C=O) groups excluding carboxylic acids is 4. The van der Waals surface area contributed by atoms with Crippen molar-refractivity contribution in [3.8, 4) is 0 Å². The first kappa shape index (κ1) is 30.5. The summed E-state index contributed by atoms with van der Waals surface area (Å²) >= 11 is 0. The summed E-state index contributed by atoms with van der Waals surface area (Å²) in [7, 11) is 0. The van der Waals surface area contributed by atoms with Crippen LogP contribution in [0.1, 0.15) is 37.7 Å². The summed E-state index contributed by atoms with van der Waals surface area (Å²) in [4.78, 5) is 60.6. The fourth-order valence-electron chi connectivity index (χ4n) is 3.26. The number of benzene rings is 1. The molecule has 4 atom stereocenters. The Morgan fingerprint density at radius 2 is 1.42 bits per heavy atom. The summed E-state index contributed by atoms with van der Waals surface area (Å²) < 4.78 is 0. The Morgan fingerprint density at radius 1 is 0.833 bits per heavy atom. The zero-order chi connectivity index (χ0) is 27.1. The number of rotatable bonds is 17. The van der Waals surface area contributed by atoms with Crippen LogP contribution in [0.15, 0.2) is 30.3 Å². The molecule has 0 fully saturated rings. The molecule has 0 aliphatic rings. The predicted octanol–water partition coefficient (Wildman–Crippen LogP) is -2.52. The number of aliphatic carboxylic acids is 1. The van der Waals surface area contributed by atoms with Crippen molar-refractivity contribution in [1.82, 2.24) is 16.0 Å². The molecule has 200 valence electrons. The van der Waals surface area contributed by atoms with Crippen LogP contribution in [0.2, 0.25) is 0 Å². The number of carboxylic acids is 1. The highest BCUT2D eigenvalue weighted by Crippen LogP contribution is 2.07. The number of nitrogens with one attached hydrogen (secondary N) is 3. The number of hydrogen-bond donors (Lipinski definition) is 8. The standard InChI is InChI=1S/C23H36N6O7/c24-11-5-4-8-16(23(35)36)27-21(33)17(12-14-6-2-1-3-7-14)28-22(34)18(13-30)29-20(32)15(25)9-10-19(26)31/h1-3,6-7,15-18,30H,4-5,8-13,24-25H2,(H2,26,31)(H,27,33)(H,28,34)(H,29,32)(H,35,36). The molecule has 36 heavy (non-hydrogen) atoms. The topological polar surface area (TPSA) is 240 Å². The third kappa shape index (κ3) is 11.3.